The molecule has 0 unspecified atom stereocenters. The van der Waals surface area contributed by atoms with E-state index < -0.39 is 17.3 Å². The van der Waals surface area contributed by atoms with Crippen molar-refractivity contribution < 1.29 is 27.8 Å². The summed E-state index contributed by atoms with van der Waals surface area (Å²) < 4.78 is 44.3. The second-order valence-electron chi connectivity index (χ2n) is 9.34. The van der Waals surface area contributed by atoms with Crippen LogP contribution in [0.2, 0.25) is 0 Å². The van der Waals surface area contributed by atoms with E-state index in [9.17, 15) is 23.1 Å². The number of methoxy groups -OCH3 is 1. The molecule has 0 saturated carbocycles. The lowest BCUT2D eigenvalue weighted by Gasteiger charge is -2.38. The molecule has 196 valence electrons. The van der Waals surface area contributed by atoms with Crippen LogP contribution in [0.3, 0.4) is 0 Å². The number of fused-ring (bicyclic) bond motifs is 1. The predicted octanol–water partition coefficient (Wildman–Crippen LogP) is 6.13. The molecule has 2 heterocycles. The van der Waals surface area contributed by atoms with Crippen LogP contribution in [0.4, 0.5) is 24.5 Å². The van der Waals surface area contributed by atoms with Crippen molar-refractivity contribution in [2.24, 2.45) is 0 Å². The van der Waals surface area contributed by atoms with Crippen molar-refractivity contribution in [1.29, 1.82) is 0 Å². The summed E-state index contributed by atoms with van der Waals surface area (Å²) in [6.45, 7) is 0.842. The first-order valence-electron chi connectivity index (χ1n) is 12.2. The van der Waals surface area contributed by atoms with Gasteiger partial charge in [-0.2, -0.15) is 13.2 Å². The normalized spacial score (nSPS) is 15.3. The molecule has 5 rings (SSSR count). The standard InChI is InChI=1S/C29H26F3N3O3/c1-38-23-9-4-20(5-10-23)28(37)13-16-35(17-14-28)27(36)19-2-7-22(8-3-19)34-25-12-15-33-26-18-21(29(30,31)32)6-11-24(25)26/h2-12,15,18,37H,13-14,16-17H2,1H3,(H,33,34). The van der Waals surface area contributed by atoms with Crippen LogP contribution in [0.5, 0.6) is 5.75 Å². The van der Waals surface area contributed by atoms with Crippen LogP contribution < -0.4 is 10.1 Å². The summed E-state index contributed by atoms with van der Waals surface area (Å²) in [5.74, 6) is 0.595. The molecule has 1 aromatic heterocycles. The minimum absolute atomic E-state index is 0.123. The molecule has 1 aliphatic heterocycles. The van der Waals surface area contributed by atoms with Gasteiger partial charge in [-0.25, -0.2) is 0 Å². The van der Waals surface area contributed by atoms with Crippen molar-refractivity contribution in [3.8, 4) is 5.75 Å². The number of likely N-dealkylation sites (tertiary alicyclic amines) is 1. The van der Waals surface area contributed by atoms with Crippen molar-refractivity contribution in [1.82, 2.24) is 9.88 Å². The zero-order valence-corrected chi connectivity index (χ0v) is 20.6. The number of alkyl halides is 3. The maximum absolute atomic E-state index is 13.1. The Hall–Kier alpha value is -4.11. The fraction of sp³-hybridized carbons (Fsp3) is 0.241. The smallest absolute Gasteiger partial charge is 0.416 e. The van der Waals surface area contributed by atoms with E-state index in [1.54, 1.807) is 42.3 Å². The lowest BCUT2D eigenvalue weighted by Crippen LogP contribution is -2.45. The summed E-state index contributed by atoms with van der Waals surface area (Å²) in [6.07, 6.45) is -2.14. The Morgan fingerprint density at radius 2 is 1.68 bits per heavy atom. The van der Waals surface area contributed by atoms with Crippen LogP contribution in [-0.4, -0.2) is 41.1 Å². The number of carbonyl (C=O) groups is 1. The summed E-state index contributed by atoms with van der Waals surface area (Å²) >= 11 is 0. The number of pyridine rings is 1. The number of ether oxygens (including phenoxy) is 1. The number of benzene rings is 3. The number of anilines is 2. The number of aliphatic hydroxyl groups is 1. The molecule has 9 heteroatoms. The SMILES string of the molecule is COc1ccc(C2(O)CCN(C(=O)c3ccc(Nc4ccnc5cc(C(F)(F)F)ccc45)cc3)CC2)cc1. The topological polar surface area (TPSA) is 74.7 Å². The first kappa shape index (κ1) is 25.5. The number of aromatic nitrogens is 1. The van der Waals surface area contributed by atoms with Gasteiger partial charge in [0.05, 0.1) is 23.8 Å². The van der Waals surface area contributed by atoms with Gasteiger partial charge >= 0.3 is 6.18 Å². The molecule has 0 bridgehead atoms. The third-order valence-corrected chi connectivity index (χ3v) is 6.99. The highest BCUT2D eigenvalue weighted by atomic mass is 19.4. The maximum Gasteiger partial charge on any atom is 0.416 e. The van der Waals surface area contributed by atoms with Crippen molar-refractivity contribution >= 4 is 28.2 Å². The average Bonchev–Trinajstić information content (AvgIpc) is 2.93. The number of nitrogens with one attached hydrogen (secondary N) is 1. The van der Waals surface area contributed by atoms with Crippen LogP contribution in [-0.2, 0) is 11.8 Å². The van der Waals surface area contributed by atoms with Gasteiger partial charge in [0.25, 0.3) is 5.91 Å². The van der Waals surface area contributed by atoms with Gasteiger partial charge < -0.3 is 20.1 Å². The minimum Gasteiger partial charge on any atom is -0.497 e. The van der Waals surface area contributed by atoms with E-state index in [1.807, 2.05) is 24.3 Å². The fourth-order valence-electron chi connectivity index (χ4n) is 4.74. The largest absolute Gasteiger partial charge is 0.497 e. The van der Waals surface area contributed by atoms with Crippen LogP contribution in [0, 0.1) is 0 Å². The average molecular weight is 522 g/mol. The van der Waals surface area contributed by atoms with E-state index in [-0.39, 0.29) is 11.4 Å². The molecular weight excluding hydrogens is 495 g/mol. The number of rotatable bonds is 5. The number of piperidine rings is 1. The van der Waals surface area contributed by atoms with Crippen LogP contribution in [0.25, 0.3) is 10.9 Å². The molecule has 38 heavy (non-hydrogen) atoms. The van der Waals surface area contributed by atoms with Gasteiger partial charge in [-0.15, -0.1) is 0 Å². The first-order valence-corrected chi connectivity index (χ1v) is 12.2. The Kier molecular flexibility index (Phi) is 6.71. The highest BCUT2D eigenvalue weighted by molar-refractivity contribution is 5.96. The van der Waals surface area contributed by atoms with Gasteiger partial charge in [0.2, 0.25) is 0 Å². The second kappa shape index (κ2) is 9.98. The van der Waals surface area contributed by atoms with Gasteiger partial charge in [-0.3, -0.25) is 9.78 Å². The highest BCUT2D eigenvalue weighted by Gasteiger charge is 2.35. The number of amides is 1. The number of hydrogen-bond acceptors (Lipinski definition) is 5. The summed E-state index contributed by atoms with van der Waals surface area (Å²) in [5, 5.41) is 14.9. The Morgan fingerprint density at radius 1 is 1.00 bits per heavy atom. The number of hydrogen-bond donors (Lipinski definition) is 2. The zero-order valence-electron chi connectivity index (χ0n) is 20.6. The van der Waals surface area contributed by atoms with Crippen LogP contribution in [0.15, 0.2) is 79.0 Å². The van der Waals surface area contributed by atoms with Crippen molar-refractivity contribution in [3.05, 3.63) is 95.7 Å². The summed E-state index contributed by atoms with van der Waals surface area (Å²) in [5.41, 5.74) is 1.09. The molecule has 6 nitrogen and oxygen atoms in total. The molecule has 0 aliphatic carbocycles. The molecule has 2 N–H and O–H groups in total. The lowest BCUT2D eigenvalue weighted by atomic mass is 9.84. The van der Waals surface area contributed by atoms with Gasteiger partial charge in [-0.05, 0) is 73.0 Å². The van der Waals surface area contributed by atoms with Gasteiger partial charge in [-0.1, -0.05) is 18.2 Å². The predicted molar refractivity (Wildman–Crippen MR) is 138 cm³/mol. The molecular formula is C29H26F3N3O3. The number of nitrogens with zero attached hydrogens (tertiary/aromatic N) is 2. The Balaban J connectivity index is 1.25. The first-order chi connectivity index (χ1) is 18.2. The molecule has 1 aliphatic rings. The van der Waals surface area contributed by atoms with E-state index in [0.717, 1.165) is 23.4 Å². The molecule has 0 spiro atoms. The van der Waals surface area contributed by atoms with E-state index >= 15 is 0 Å². The van der Waals surface area contributed by atoms with Gasteiger partial charge in [0, 0.05) is 41.6 Å². The number of carbonyl (C=O) groups excluding carboxylic acids is 1. The third-order valence-electron chi connectivity index (χ3n) is 6.99. The molecule has 0 atom stereocenters. The molecule has 1 saturated heterocycles. The molecule has 0 radical (unpaired) electrons. The summed E-state index contributed by atoms with van der Waals surface area (Å²) in [7, 11) is 1.59. The van der Waals surface area contributed by atoms with E-state index in [1.165, 1.54) is 12.3 Å². The van der Waals surface area contributed by atoms with E-state index in [4.69, 9.17) is 4.74 Å². The molecule has 1 fully saturated rings. The third kappa shape index (κ3) is 5.15. The Morgan fingerprint density at radius 3 is 2.32 bits per heavy atom. The lowest BCUT2D eigenvalue weighted by molar-refractivity contribution is -0.137. The highest BCUT2D eigenvalue weighted by Crippen LogP contribution is 2.35. The van der Waals surface area contributed by atoms with Crippen molar-refractivity contribution in [2.45, 2.75) is 24.6 Å². The maximum atomic E-state index is 13.1. The van der Waals surface area contributed by atoms with Crippen molar-refractivity contribution in [2.75, 3.05) is 25.5 Å². The quantitative estimate of drug-likeness (QED) is 0.331. The summed E-state index contributed by atoms with van der Waals surface area (Å²) in [4.78, 5) is 18.9. The molecule has 4 aromatic rings. The van der Waals surface area contributed by atoms with Gasteiger partial charge in [0.1, 0.15) is 5.75 Å². The monoisotopic (exact) mass is 521 g/mol. The minimum atomic E-state index is -4.44. The van der Waals surface area contributed by atoms with E-state index in [0.29, 0.717) is 48.3 Å². The second-order valence-corrected chi connectivity index (χ2v) is 9.34. The van der Waals surface area contributed by atoms with Gasteiger partial charge in [0.15, 0.2) is 0 Å². The van der Waals surface area contributed by atoms with Crippen LogP contribution in [0.1, 0.15) is 34.3 Å². The molecule has 1 amide bonds. The fourth-order valence-corrected chi connectivity index (χ4v) is 4.74. The zero-order chi connectivity index (χ0) is 26.9. The number of halogens is 3. The Bertz CT molecular complexity index is 1450. The Labute approximate surface area is 217 Å². The van der Waals surface area contributed by atoms with Crippen molar-refractivity contribution in [3.63, 3.8) is 0 Å². The van der Waals surface area contributed by atoms with E-state index in [2.05, 4.69) is 10.3 Å². The summed E-state index contributed by atoms with van der Waals surface area (Å²) in [6, 6.07) is 19.4. The molecule has 3 aromatic carbocycles. The van der Waals surface area contributed by atoms with Crippen LogP contribution >= 0.6 is 0 Å².